The van der Waals surface area contributed by atoms with Crippen LogP contribution in [0.3, 0.4) is 0 Å². The second-order valence-corrected chi connectivity index (χ2v) is 10.00. The number of sulfonamides is 1. The highest BCUT2D eigenvalue weighted by molar-refractivity contribution is 7.92. The molecule has 0 spiro atoms. The Morgan fingerprint density at radius 1 is 0.971 bits per heavy atom. The van der Waals surface area contributed by atoms with Gasteiger partial charge >= 0.3 is 0 Å². The molecule has 10 heteroatoms. The average molecular weight is 490 g/mol. The molecule has 9 nitrogen and oxygen atoms in total. The lowest BCUT2D eigenvalue weighted by molar-refractivity contribution is -0.121. The molecule has 184 valence electrons. The molecule has 2 amide bonds. The Labute approximate surface area is 200 Å². The molecule has 0 unspecified atom stereocenters. The van der Waals surface area contributed by atoms with Gasteiger partial charge in [-0.2, -0.15) is 0 Å². The Morgan fingerprint density at radius 3 is 2.06 bits per heavy atom. The molecule has 1 aliphatic rings. The molecule has 1 fully saturated rings. The maximum atomic E-state index is 12.9. The van der Waals surface area contributed by atoms with E-state index in [0.29, 0.717) is 60.8 Å². The number of methoxy groups -OCH3 is 2. The fourth-order valence-corrected chi connectivity index (χ4v) is 4.96. The van der Waals surface area contributed by atoms with Crippen molar-refractivity contribution >= 4 is 33.2 Å². The molecular weight excluding hydrogens is 458 g/mol. The minimum absolute atomic E-state index is 0.0536. The number of ether oxygens (including phenoxy) is 2. The number of nitrogens with zero attached hydrogens (tertiary/aromatic N) is 1. The fourth-order valence-electron chi connectivity index (χ4n) is 3.82. The number of hydrogen-bond acceptors (Lipinski definition) is 6. The molecule has 3 rings (SSSR count). The van der Waals surface area contributed by atoms with E-state index in [1.165, 1.54) is 14.2 Å². The van der Waals surface area contributed by atoms with Gasteiger partial charge < -0.3 is 19.7 Å². The molecule has 2 aromatic rings. The van der Waals surface area contributed by atoms with Crippen LogP contribution in [0.4, 0.5) is 11.4 Å². The molecular formula is C24H31N3O6S. The zero-order chi connectivity index (χ0) is 24.7. The minimum Gasteiger partial charge on any atom is -0.497 e. The maximum Gasteiger partial charge on any atom is 0.254 e. The van der Waals surface area contributed by atoms with E-state index in [9.17, 15) is 18.0 Å². The molecule has 2 N–H and O–H groups in total. The van der Waals surface area contributed by atoms with Crippen molar-refractivity contribution in [1.29, 1.82) is 0 Å². The summed E-state index contributed by atoms with van der Waals surface area (Å²) in [6, 6.07) is 11.6. The SMILES string of the molecule is CCCS(=O)(=O)Nc1ccc(NC(=O)C2CCN(C(=O)c3cc(OC)cc(OC)c3)CC2)cc1. The number of nitrogens with one attached hydrogen (secondary N) is 2. The van der Waals surface area contributed by atoms with Gasteiger partial charge in [-0.1, -0.05) is 6.92 Å². The normalized spacial score (nSPS) is 14.4. The first-order chi connectivity index (χ1) is 16.2. The maximum absolute atomic E-state index is 12.9. The summed E-state index contributed by atoms with van der Waals surface area (Å²) in [6.45, 7) is 2.73. The quantitative estimate of drug-likeness (QED) is 0.558. The number of piperidine rings is 1. The van der Waals surface area contributed by atoms with Crippen molar-refractivity contribution < 1.29 is 27.5 Å². The monoisotopic (exact) mass is 489 g/mol. The van der Waals surface area contributed by atoms with Gasteiger partial charge in [0.25, 0.3) is 5.91 Å². The number of carbonyl (C=O) groups is 2. The molecule has 0 saturated carbocycles. The molecule has 34 heavy (non-hydrogen) atoms. The summed E-state index contributed by atoms with van der Waals surface area (Å²) in [6.07, 6.45) is 1.63. The van der Waals surface area contributed by atoms with Gasteiger partial charge in [-0.15, -0.1) is 0 Å². The Hall–Kier alpha value is -3.27. The second kappa shape index (κ2) is 11.2. The van der Waals surface area contributed by atoms with Gasteiger partial charge in [-0.05, 0) is 55.7 Å². The van der Waals surface area contributed by atoms with Gasteiger partial charge in [-0.3, -0.25) is 14.3 Å². The van der Waals surface area contributed by atoms with Crippen LogP contribution in [0.15, 0.2) is 42.5 Å². The molecule has 0 aliphatic carbocycles. The van der Waals surface area contributed by atoms with Gasteiger partial charge in [-0.25, -0.2) is 8.42 Å². The van der Waals surface area contributed by atoms with E-state index in [1.807, 2.05) is 0 Å². The number of amides is 2. The topological polar surface area (TPSA) is 114 Å². The number of anilines is 2. The largest absolute Gasteiger partial charge is 0.497 e. The molecule has 1 heterocycles. The molecule has 1 aliphatic heterocycles. The third-order valence-corrected chi connectivity index (χ3v) is 7.14. The lowest BCUT2D eigenvalue weighted by Crippen LogP contribution is -2.41. The molecule has 0 bridgehead atoms. The number of benzene rings is 2. The van der Waals surface area contributed by atoms with Crippen molar-refractivity contribution in [3.63, 3.8) is 0 Å². The van der Waals surface area contributed by atoms with Crippen molar-refractivity contribution in [2.45, 2.75) is 26.2 Å². The van der Waals surface area contributed by atoms with Crippen LogP contribution < -0.4 is 19.5 Å². The zero-order valence-corrected chi connectivity index (χ0v) is 20.5. The third-order valence-electron chi connectivity index (χ3n) is 5.65. The standard InChI is InChI=1S/C24H31N3O6S/c1-4-13-34(30,31)26-20-7-5-19(6-8-20)25-23(28)17-9-11-27(12-10-17)24(29)18-14-21(32-2)16-22(15-18)33-3/h5-8,14-17,26H,4,9-13H2,1-3H3,(H,25,28). The van der Waals surface area contributed by atoms with Gasteiger partial charge in [0.1, 0.15) is 11.5 Å². The van der Waals surface area contributed by atoms with E-state index < -0.39 is 10.0 Å². The van der Waals surface area contributed by atoms with Crippen LogP contribution in [0.2, 0.25) is 0 Å². The first-order valence-corrected chi connectivity index (χ1v) is 12.8. The van der Waals surface area contributed by atoms with Crippen molar-refractivity contribution in [2.24, 2.45) is 5.92 Å². The number of hydrogen-bond donors (Lipinski definition) is 2. The zero-order valence-electron chi connectivity index (χ0n) is 19.7. The van der Waals surface area contributed by atoms with Crippen molar-refractivity contribution in [1.82, 2.24) is 4.90 Å². The van der Waals surface area contributed by atoms with Crippen LogP contribution in [-0.2, 0) is 14.8 Å². The highest BCUT2D eigenvalue weighted by Gasteiger charge is 2.28. The minimum atomic E-state index is -3.36. The summed E-state index contributed by atoms with van der Waals surface area (Å²) < 4.78 is 36.8. The van der Waals surface area contributed by atoms with Crippen LogP contribution in [0, 0.1) is 5.92 Å². The third kappa shape index (κ3) is 6.63. The second-order valence-electron chi connectivity index (χ2n) is 8.16. The van der Waals surface area contributed by atoms with E-state index in [1.54, 1.807) is 54.3 Å². The molecule has 0 atom stereocenters. The van der Waals surface area contributed by atoms with Crippen LogP contribution in [-0.4, -0.2) is 58.2 Å². The van der Waals surface area contributed by atoms with Crippen LogP contribution in [0.25, 0.3) is 0 Å². The van der Waals surface area contributed by atoms with Gasteiger partial charge in [0.05, 0.1) is 20.0 Å². The summed E-state index contributed by atoms with van der Waals surface area (Å²) in [5, 5.41) is 2.88. The van der Waals surface area contributed by atoms with E-state index in [4.69, 9.17) is 9.47 Å². The molecule has 2 aromatic carbocycles. The number of rotatable bonds is 9. The van der Waals surface area contributed by atoms with Gasteiger partial charge in [0.2, 0.25) is 15.9 Å². The molecule has 1 saturated heterocycles. The Morgan fingerprint density at radius 2 is 1.53 bits per heavy atom. The highest BCUT2D eigenvalue weighted by atomic mass is 32.2. The van der Waals surface area contributed by atoms with Crippen LogP contribution in [0.1, 0.15) is 36.5 Å². The Balaban J connectivity index is 1.54. The van der Waals surface area contributed by atoms with Crippen molar-refractivity contribution in [3.8, 4) is 11.5 Å². The van der Waals surface area contributed by atoms with Gasteiger partial charge in [0.15, 0.2) is 0 Å². The van der Waals surface area contributed by atoms with E-state index in [2.05, 4.69) is 10.0 Å². The Bertz CT molecular complexity index is 1090. The first kappa shape index (κ1) is 25.4. The van der Waals surface area contributed by atoms with E-state index in [-0.39, 0.29) is 23.5 Å². The predicted octanol–water partition coefficient (Wildman–Crippen LogP) is 3.35. The van der Waals surface area contributed by atoms with E-state index in [0.717, 1.165) is 0 Å². The molecule has 0 aromatic heterocycles. The smallest absolute Gasteiger partial charge is 0.254 e. The van der Waals surface area contributed by atoms with Crippen molar-refractivity contribution in [2.75, 3.05) is 43.1 Å². The highest BCUT2D eigenvalue weighted by Crippen LogP contribution is 2.26. The summed E-state index contributed by atoms with van der Waals surface area (Å²) in [7, 11) is -0.295. The predicted molar refractivity (Wildman–Crippen MR) is 131 cm³/mol. The summed E-state index contributed by atoms with van der Waals surface area (Å²) in [4.78, 5) is 27.4. The van der Waals surface area contributed by atoms with E-state index >= 15 is 0 Å². The lowest BCUT2D eigenvalue weighted by atomic mass is 9.95. The molecule has 0 radical (unpaired) electrons. The Kier molecular flexibility index (Phi) is 8.38. The number of likely N-dealkylation sites (tertiary alicyclic amines) is 1. The average Bonchev–Trinajstić information content (AvgIpc) is 2.84. The van der Waals surface area contributed by atoms with Crippen LogP contribution in [0.5, 0.6) is 11.5 Å². The summed E-state index contributed by atoms with van der Waals surface area (Å²) >= 11 is 0. The van der Waals surface area contributed by atoms with Gasteiger partial charge in [0, 0.05) is 42.0 Å². The summed E-state index contributed by atoms with van der Waals surface area (Å²) in [5.41, 5.74) is 1.52. The van der Waals surface area contributed by atoms with Crippen molar-refractivity contribution in [3.05, 3.63) is 48.0 Å². The summed E-state index contributed by atoms with van der Waals surface area (Å²) in [5.74, 6) is 0.679. The lowest BCUT2D eigenvalue weighted by Gasteiger charge is -2.31. The van der Waals surface area contributed by atoms with Crippen LogP contribution >= 0.6 is 0 Å². The first-order valence-electron chi connectivity index (χ1n) is 11.2. The number of carbonyl (C=O) groups excluding carboxylic acids is 2. The fraction of sp³-hybridized carbons (Fsp3) is 0.417.